The molecule has 1 amide bonds. The van der Waals surface area contributed by atoms with Gasteiger partial charge < -0.3 is 15.1 Å². The van der Waals surface area contributed by atoms with Gasteiger partial charge in [-0.3, -0.25) is 4.79 Å². The Morgan fingerprint density at radius 3 is 2.23 bits per heavy atom. The summed E-state index contributed by atoms with van der Waals surface area (Å²) in [4.78, 5) is 36.8. The smallest absolute Gasteiger partial charge is 0.335 e. The summed E-state index contributed by atoms with van der Waals surface area (Å²) in [6, 6.07) is 14.5. The first-order valence-corrected chi connectivity index (χ1v) is 9.05. The molecule has 1 aliphatic heterocycles. The van der Waals surface area contributed by atoms with E-state index in [1.807, 2.05) is 30.3 Å². The van der Waals surface area contributed by atoms with Crippen LogP contribution in [0.2, 0.25) is 0 Å². The Kier molecular flexibility index (Phi) is 5.27. The minimum absolute atomic E-state index is 0.0214. The molecule has 26 heavy (non-hydrogen) atoms. The molecule has 2 N–H and O–H groups in total. The van der Waals surface area contributed by atoms with E-state index < -0.39 is 18.0 Å². The number of rotatable bonds is 5. The zero-order chi connectivity index (χ0) is 18.7. The molecule has 0 saturated carbocycles. The Hall–Kier alpha value is -2.80. The fourth-order valence-electron chi connectivity index (χ4n) is 2.91. The molecule has 6 nitrogen and oxygen atoms in total. The lowest BCUT2D eigenvalue weighted by molar-refractivity contribution is -0.148. The van der Waals surface area contributed by atoms with E-state index in [1.54, 1.807) is 12.1 Å². The van der Waals surface area contributed by atoms with Crippen LogP contribution in [-0.2, 0) is 16.0 Å². The van der Waals surface area contributed by atoms with Gasteiger partial charge in [-0.25, -0.2) is 9.59 Å². The van der Waals surface area contributed by atoms with Crippen LogP contribution in [0.15, 0.2) is 54.6 Å². The first-order chi connectivity index (χ1) is 12.5. The van der Waals surface area contributed by atoms with Crippen LogP contribution < -0.4 is 0 Å². The van der Waals surface area contributed by atoms with Gasteiger partial charge in [0, 0.05) is 5.75 Å². The van der Waals surface area contributed by atoms with Crippen LogP contribution in [0.3, 0.4) is 0 Å². The fraction of sp³-hybridized carbons (Fsp3) is 0.211. The van der Waals surface area contributed by atoms with Crippen LogP contribution in [0.25, 0.3) is 0 Å². The number of aromatic carboxylic acids is 1. The molecule has 1 unspecified atom stereocenters. The number of carboxylic acid groups (broad SMARTS) is 2. The van der Waals surface area contributed by atoms with Gasteiger partial charge in [-0.1, -0.05) is 42.5 Å². The minimum atomic E-state index is -1.03. The van der Waals surface area contributed by atoms with Crippen molar-refractivity contribution in [1.29, 1.82) is 0 Å². The van der Waals surface area contributed by atoms with Crippen LogP contribution in [-0.4, -0.2) is 44.8 Å². The van der Waals surface area contributed by atoms with Crippen LogP contribution >= 0.6 is 11.8 Å². The van der Waals surface area contributed by atoms with Gasteiger partial charge >= 0.3 is 11.9 Å². The number of nitrogens with zero attached hydrogens (tertiary/aromatic N) is 1. The normalized spacial score (nSPS) is 19.3. The zero-order valence-corrected chi connectivity index (χ0v) is 14.6. The number of thioether (sulfide) groups is 1. The number of hydrogen-bond acceptors (Lipinski definition) is 4. The molecule has 1 aliphatic rings. The molecule has 0 aliphatic carbocycles. The number of carbonyl (C=O) groups is 3. The monoisotopic (exact) mass is 371 g/mol. The lowest BCUT2D eigenvalue weighted by atomic mass is 10.1. The van der Waals surface area contributed by atoms with E-state index in [2.05, 4.69) is 0 Å². The van der Waals surface area contributed by atoms with E-state index in [0.29, 0.717) is 11.3 Å². The molecule has 0 radical (unpaired) electrons. The summed E-state index contributed by atoms with van der Waals surface area (Å²) in [5.41, 5.74) is 1.67. The van der Waals surface area contributed by atoms with Gasteiger partial charge in [0.2, 0.25) is 5.91 Å². The van der Waals surface area contributed by atoms with Crippen molar-refractivity contribution in [2.45, 2.75) is 17.8 Å². The van der Waals surface area contributed by atoms with E-state index in [4.69, 9.17) is 5.11 Å². The van der Waals surface area contributed by atoms with Gasteiger partial charge in [-0.2, -0.15) is 0 Å². The molecule has 134 valence electrons. The van der Waals surface area contributed by atoms with Gasteiger partial charge in [0.25, 0.3) is 0 Å². The standard InChI is InChI=1S/C19H17NO5S/c21-16(10-12-6-8-14(9-7-12)18(22)23)20-15(19(24)25)11-26-17(20)13-4-2-1-3-5-13/h1-9,15,17H,10-11H2,(H,22,23)(H,24,25)/t15-,17?/m0/s1. The van der Waals surface area contributed by atoms with Crippen molar-refractivity contribution in [3.63, 3.8) is 0 Å². The molecule has 3 rings (SSSR count). The van der Waals surface area contributed by atoms with Crippen molar-refractivity contribution >= 4 is 29.6 Å². The number of benzene rings is 2. The second-order valence-electron chi connectivity index (χ2n) is 5.93. The average molecular weight is 371 g/mol. The highest BCUT2D eigenvalue weighted by Crippen LogP contribution is 2.41. The molecule has 1 fully saturated rings. The molecular weight excluding hydrogens is 354 g/mol. The summed E-state index contributed by atoms with van der Waals surface area (Å²) >= 11 is 1.43. The predicted molar refractivity (Wildman–Crippen MR) is 97.0 cm³/mol. The molecule has 0 spiro atoms. The van der Waals surface area contributed by atoms with E-state index in [-0.39, 0.29) is 23.3 Å². The zero-order valence-electron chi connectivity index (χ0n) is 13.7. The summed E-state index contributed by atoms with van der Waals surface area (Å²) in [6.45, 7) is 0. The Morgan fingerprint density at radius 1 is 1.00 bits per heavy atom. The molecule has 2 aromatic rings. The summed E-state index contributed by atoms with van der Waals surface area (Å²) in [5.74, 6) is -2.02. The maximum atomic E-state index is 12.9. The Morgan fingerprint density at radius 2 is 1.65 bits per heavy atom. The van der Waals surface area contributed by atoms with Gasteiger partial charge in [0.05, 0.1) is 12.0 Å². The van der Waals surface area contributed by atoms with Crippen molar-refractivity contribution in [2.24, 2.45) is 0 Å². The predicted octanol–water partition coefficient (Wildman–Crippen LogP) is 2.65. The van der Waals surface area contributed by atoms with Crippen molar-refractivity contribution in [1.82, 2.24) is 4.90 Å². The summed E-state index contributed by atoms with van der Waals surface area (Å²) < 4.78 is 0. The van der Waals surface area contributed by atoms with Crippen molar-refractivity contribution in [2.75, 3.05) is 5.75 Å². The average Bonchev–Trinajstić information content (AvgIpc) is 3.08. The van der Waals surface area contributed by atoms with E-state index in [1.165, 1.54) is 28.8 Å². The van der Waals surface area contributed by atoms with Crippen LogP contribution in [0.4, 0.5) is 0 Å². The highest BCUT2D eigenvalue weighted by molar-refractivity contribution is 7.99. The fourth-order valence-corrected chi connectivity index (χ4v) is 4.35. The quantitative estimate of drug-likeness (QED) is 0.839. The summed E-state index contributed by atoms with van der Waals surface area (Å²) in [7, 11) is 0. The first kappa shape index (κ1) is 18.0. The summed E-state index contributed by atoms with van der Waals surface area (Å²) in [5, 5.41) is 18.1. The topological polar surface area (TPSA) is 94.9 Å². The maximum Gasteiger partial charge on any atom is 0.335 e. The van der Waals surface area contributed by atoms with Crippen LogP contribution in [0.5, 0.6) is 0 Å². The molecule has 2 atom stereocenters. The third kappa shape index (κ3) is 3.72. The third-order valence-electron chi connectivity index (χ3n) is 4.21. The van der Waals surface area contributed by atoms with Gasteiger partial charge in [-0.15, -0.1) is 11.8 Å². The molecule has 7 heteroatoms. The largest absolute Gasteiger partial charge is 0.480 e. The molecule has 1 heterocycles. The number of aliphatic carboxylic acids is 1. The molecular formula is C19H17NO5S. The van der Waals surface area contributed by atoms with Crippen LogP contribution in [0.1, 0.15) is 26.9 Å². The third-order valence-corrected chi connectivity index (χ3v) is 5.54. The number of carbonyl (C=O) groups excluding carboxylic acids is 1. The highest BCUT2D eigenvalue weighted by Gasteiger charge is 2.42. The van der Waals surface area contributed by atoms with Gasteiger partial charge in [0.15, 0.2) is 0 Å². The summed E-state index contributed by atoms with van der Waals surface area (Å²) in [6.07, 6.45) is 0.0214. The lowest BCUT2D eigenvalue weighted by Gasteiger charge is -2.27. The molecule has 2 aromatic carbocycles. The lowest BCUT2D eigenvalue weighted by Crippen LogP contribution is -2.43. The number of hydrogen-bond donors (Lipinski definition) is 2. The van der Waals surface area contributed by atoms with E-state index in [0.717, 1.165) is 5.56 Å². The maximum absolute atomic E-state index is 12.9. The van der Waals surface area contributed by atoms with Crippen molar-refractivity contribution in [3.8, 4) is 0 Å². The Balaban J connectivity index is 1.83. The highest BCUT2D eigenvalue weighted by atomic mass is 32.2. The van der Waals surface area contributed by atoms with E-state index in [9.17, 15) is 19.5 Å². The SMILES string of the molecule is O=C(O)c1ccc(CC(=O)N2C(c3ccccc3)SC[C@H]2C(=O)O)cc1. The molecule has 1 saturated heterocycles. The number of amides is 1. The second kappa shape index (κ2) is 7.61. The number of carboxylic acids is 2. The van der Waals surface area contributed by atoms with Gasteiger partial charge in [-0.05, 0) is 23.3 Å². The van der Waals surface area contributed by atoms with Gasteiger partial charge in [0.1, 0.15) is 11.4 Å². The Labute approximate surface area is 154 Å². The first-order valence-electron chi connectivity index (χ1n) is 8.00. The van der Waals surface area contributed by atoms with E-state index >= 15 is 0 Å². The van der Waals surface area contributed by atoms with Crippen molar-refractivity contribution in [3.05, 3.63) is 71.3 Å². The second-order valence-corrected chi connectivity index (χ2v) is 7.04. The molecule has 0 aromatic heterocycles. The van der Waals surface area contributed by atoms with Crippen molar-refractivity contribution < 1.29 is 24.6 Å². The molecule has 0 bridgehead atoms. The Bertz CT molecular complexity index is 822. The van der Waals surface area contributed by atoms with Crippen LogP contribution in [0, 0.1) is 0 Å². The minimum Gasteiger partial charge on any atom is -0.480 e.